The zero-order valence-electron chi connectivity index (χ0n) is 10.00. The Morgan fingerprint density at radius 1 is 1.44 bits per heavy atom. The fourth-order valence-corrected chi connectivity index (χ4v) is 6.26. The molecule has 3 nitrogen and oxygen atoms in total. The van der Waals surface area contributed by atoms with Gasteiger partial charge in [0, 0.05) is 22.7 Å². The minimum atomic E-state index is -2.97. The minimum Gasteiger partial charge on any atom is -0.303 e. The lowest BCUT2D eigenvalue weighted by Gasteiger charge is -2.29. The van der Waals surface area contributed by atoms with Crippen LogP contribution in [0.1, 0.15) is 24.9 Å². The zero-order valence-corrected chi connectivity index (χ0v) is 12.4. The maximum absolute atomic E-state index is 11.4. The van der Waals surface area contributed by atoms with Gasteiger partial charge < -0.3 is 5.32 Å². The normalized spacial score (nSPS) is 33.5. The van der Waals surface area contributed by atoms with Gasteiger partial charge in [0.1, 0.15) is 0 Å². The molecule has 2 aliphatic heterocycles. The summed E-state index contributed by atoms with van der Waals surface area (Å²) < 4.78 is 24.2. The molecule has 0 spiro atoms. The Morgan fingerprint density at radius 3 is 3.00 bits per heavy atom. The molecular formula is C12H15NO2S3. The summed E-state index contributed by atoms with van der Waals surface area (Å²) in [6, 6.07) is 2.40. The van der Waals surface area contributed by atoms with Gasteiger partial charge in [-0.25, -0.2) is 8.42 Å². The highest BCUT2D eigenvalue weighted by atomic mass is 32.2. The predicted molar refractivity (Wildman–Crippen MR) is 76.8 cm³/mol. The Balaban J connectivity index is 1.77. The lowest BCUT2D eigenvalue weighted by atomic mass is 10.0. The van der Waals surface area contributed by atoms with Crippen molar-refractivity contribution in [3.05, 3.63) is 28.5 Å². The van der Waals surface area contributed by atoms with E-state index in [0.717, 1.165) is 6.42 Å². The average molecular weight is 301 g/mol. The van der Waals surface area contributed by atoms with E-state index in [1.807, 2.05) is 11.8 Å². The second-order valence-corrected chi connectivity index (χ2v) is 9.37. The van der Waals surface area contributed by atoms with E-state index in [1.165, 1.54) is 15.2 Å². The van der Waals surface area contributed by atoms with Crippen LogP contribution in [0.3, 0.4) is 0 Å². The Hall–Kier alpha value is -0.300. The molecule has 0 amide bonds. The zero-order chi connectivity index (χ0) is 12.8. The van der Waals surface area contributed by atoms with Gasteiger partial charge in [0.25, 0.3) is 0 Å². The highest BCUT2D eigenvalue weighted by Gasteiger charge is 2.30. The number of sulfone groups is 1. The molecule has 0 saturated carbocycles. The summed E-state index contributed by atoms with van der Waals surface area (Å²) in [5, 5.41) is 7.50. The molecule has 3 heterocycles. The van der Waals surface area contributed by atoms with Crippen LogP contribution in [0, 0.1) is 0 Å². The van der Waals surface area contributed by atoms with Gasteiger partial charge in [0.05, 0.1) is 9.96 Å². The van der Waals surface area contributed by atoms with Crippen LogP contribution in [-0.4, -0.2) is 25.5 Å². The van der Waals surface area contributed by atoms with Crippen LogP contribution in [0.4, 0.5) is 0 Å². The third-order valence-corrected chi connectivity index (χ3v) is 6.99. The Kier molecular flexibility index (Phi) is 3.30. The van der Waals surface area contributed by atoms with E-state index in [9.17, 15) is 8.42 Å². The van der Waals surface area contributed by atoms with Gasteiger partial charge in [0.2, 0.25) is 0 Å². The Labute approximate surface area is 116 Å². The molecule has 98 valence electrons. The molecular weight excluding hydrogens is 286 g/mol. The van der Waals surface area contributed by atoms with Crippen molar-refractivity contribution in [1.29, 1.82) is 0 Å². The predicted octanol–water partition coefficient (Wildman–Crippen LogP) is 2.57. The van der Waals surface area contributed by atoms with E-state index >= 15 is 0 Å². The average Bonchev–Trinajstić information content (AvgIpc) is 2.84. The number of thioether (sulfide) groups is 1. The van der Waals surface area contributed by atoms with Crippen LogP contribution in [0.25, 0.3) is 0 Å². The Morgan fingerprint density at radius 2 is 2.28 bits per heavy atom. The number of rotatable bonds is 2. The van der Waals surface area contributed by atoms with Gasteiger partial charge in [-0.3, -0.25) is 0 Å². The molecule has 1 aromatic heterocycles. The lowest BCUT2D eigenvalue weighted by Crippen LogP contribution is -2.35. The summed E-state index contributed by atoms with van der Waals surface area (Å²) in [6.07, 6.45) is 2.83. The first-order chi connectivity index (χ1) is 8.53. The standard InChI is InChI=1S/C12H15NO2S3/c1-8-6-11(10-2-4-16-12(10)17-8)13-9-3-5-18(14,15)7-9/h2-5,8-9,11,13H,6-7H2,1H3/t8-,9?,11?/m0/s1. The van der Waals surface area contributed by atoms with Crippen LogP contribution in [0.5, 0.6) is 0 Å². The van der Waals surface area contributed by atoms with E-state index in [-0.39, 0.29) is 17.8 Å². The molecule has 0 bridgehead atoms. The summed E-state index contributed by atoms with van der Waals surface area (Å²) >= 11 is 3.70. The molecule has 0 fully saturated rings. The molecule has 3 atom stereocenters. The van der Waals surface area contributed by atoms with E-state index in [2.05, 4.69) is 23.7 Å². The van der Waals surface area contributed by atoms with E-state index in [0.29, 0.717) is 5.25 Å². The molecule has 2 unspecified atom stereocenters. The fourth-order valence-electron chi connectivity index (χ4n) is 2.45. The smallest absolute Gasteiger partial charge is 0.173 e. The molecule has 1 N–H and O–H groups in total. The van der Waals surface area contributed by atoms with Crippen molar-refractivity contribution >= 4 is 32.9 Å². The highest BCUT2D eigenvalue weighted by Crippen LogP contribution is 2.43. The van der Waals surface area contributed by atoms with Crippen molar-refractivity contribution in [2.24, 2.45) is 0 Å². The lowest BCUT2D eigenvalue weighted by molar-refractivity contribution is 0.466. The summed E-state index contributed by atoms with van der Waals surface area (Å²) in [5.74, 6) is 0.199. The summed E-state index contributed by atoms with van der Waals surface area (Å²) in [5.41, 5.74) is 1.33. The van der Waals surface area contributed by atoms with Crippen molar-refractivity contribution in [2.75, 3.05) is 5.75 Å². The molecule has 6 heteroatoms. The van der Waals surface area contributed by atoms with Gasteiger partial charge in [0.15, 0.2) is 9.84 Å². The highest BCUT2D eigenvalue weighted by molar-refractivity contribution is 8.01. The molecule has 18 heavy (non-hydrogen) atoms. The fraction of sp³-hybridized carbons (Fsp3) is 0.500. The van der Waals surface area contributed by atoms with Crippen molar-refractivity contribution in [3.8, 4) is 0 Å². The van der Waals surface area contributed by atoms with Crippen LogP contribution in [0.15, 0.2) is 27.1 Å². The van der Waals surface area contributed by atoms with E-state index in [1.54, 1.807) is 17.4 Å². The quantitative estimate of drug-likeness (QED) is 0.912. The van der Waals surface area contributed by atoms with Crippen molar-refractivity contribution in [1.82, 2.24) is 5.32 Å². The number of nitrogens with one attached hydrogen (secondary N) is 1. The van der Waals surface area contributed by atoms with Crippen molar-refractivity contribution < 1.29 is 8.42 Å². The third kappa shape index (κ3) is 2.52. The number of thiophene rings is 1. The first kappa shape index (κ1) is 12.7. The van der Waals surface area contributed by atoms with Gasteiger partial charge >= 0.3 is 0 Å². The summed E-state index contributed by atoms with van der Waals surface area (Å²) in [4.78, 5) is 0. The first-order valence-corrected chi connectivity index (χ1v) is 9.42. The summed E-state index contributed by atoms with van der Waals surface area (Å²) in [6.45, 7) is 2.23. The van der Waals surface area contributed by atoms with Crippen molar-refractivity contribution in [2.45, 2.75) is 34.9 Å². The van der Waals surface area contributed by atoms with Crippen LogP contribution < -0.4 is 5.32 Å². The molecule has 0 radical (unpaired) electrons. The Bertz CT molecular complexity index is 576. The third-order valence-electron chi connectivity index (χ3n) is 3.25. The molecule has 0 saturated heterocycles. The van der Waals surface area contributed by atoms with Crippen LogP contribution in [-0.2, 0) is 9.84 Å². The topological polar surface area (TPSA) is 46.2 Å². The van der Waals surface area contributed by atoms with Gasteiger partial charge in [-0.15, -0.1) is 23.1 Å². The number of hydrogen-bond acceptors (Lipinski definition) is 5. The number of hydrogen-bond donors (Lipinski definition) is 1. The van der Waals surface area contributed by atoms with Crippen molar-refractivity contribution in [3.63, 3.8) is 0 Å². The maximum Gasteiger partial charge on any atom is 0.173 e. The maximum atomic E-state index is 11.4. The monoisotopic (exact) mass is 301 g/mol. The largest absolute Gasteiger partial charge is 0.303 e. The molecule has 3 rings (SSSR count). The minimum absolute atomic E-state index is 0.0388. The molecule has 2 aliphatic rings. The molecule has 0 aliphatic carbocycles. The number of fused-ring (bicyclic) bond motifs is 1. The van der Waals surface area contributed by atoms with E-state index in [4.69, 9.17) is 0 Å². The SMILES string of the molecule is C[C@H]1CC(NC2C=CS(=O)(=O)C2)c2ccsc2S1. The van der Waals surface area contributed by atoms with E-state index < -0.39 is 9.84 Å². The van der Waals surface area contributed by atoms with Gasteiger partial charge in [-0.1, -0.05) is 13.0 Å². The van der Waals surface area contributed by atoms with Crippen LogP contribution >= 0.6 is 23.1 Å². The van der Waals surface area contributed by atoms with Crippen LogP contribution in [0.2, 0.25) is 0 Å². The molecule has 1 aromatic rings. The second kappa shape index (κ2) is 4.67. The molecule has 0 aromatic carbocycles. The second-order valence-electron chi connectivity index (χ2n) is 4.81. The van der Waals surface area contributed by atoms with Gasteiger partial charge in [-0.2, -0.15) is 0 Å². The summed E-state index contributed by atoms with van der Waals surface area (Å²) in [7, 11) is -2.97. The van der Waals surface area contributed by atoms with Gasteiger partial charge in [-0.05, 0) is 23.4 Å². The first-order valence-electron chi connectivity index (χ1n) is 5.94.